The Morgan fingerprint density at radius 3 is 2.79 bits per heavy atom. The Kier molecular flexibility index (Phi) is 3.07. The van der Waals surface area contributed by atoms with Gasteiger partial charge in [-0.2, -0.15) is 4.31 Å². The molecule has 0 aliphatic carbocycles. The van der Waals surface area contributed by atoms with Crippen molar-refractivity contribution < 1.29 is 8.42 Å². The molecular weight excluding hydrogens is 202 g/mol. The van der Waals surface area contributed by atoms with Gasteiger partial charge in [0.15, 0.2) is 5.03 Å². The predicted molar refractivity (Wildman–Crippen MR) is 53.2 cm³/mol. The van der Waals surface area contributed by atoms with Gasteiger partial charge >= 0.3 is 0 Å². The van der Waals surface area contributed by atoms with E-state index >= 15 is 0 Å². The lowest BCUT2D eigenvalue weighted by atomic mass is 10.4. The van der Waals surface area contributed by atoms with Crippen LogP contribution in [0.15, 0.2) is 29.7 Å². The minimum Gasteiger partial charge on any atom is -0.335 e. The summed E-state index contributed by atoms with van der Waals surface area (Å²) in [7, 11) is -1.93. The third kappa shape index (κ3) is 2.21. The summed E-state index contributed by atoms with van der Waals surface area (Å²) in [6.07, 6.45) is 2.62. The minimum absolute atomic E-state index is 0.0984. The highest BCUT2D eigenvalue weighted by atomic mass is 32.2. The third-order valence-corrected chi connectivity index (χ3v) is 3.38. The van der Waals surface area contributed by atoms with Crippen LogP contribution < -0.4 is 0 Å². The second kappa shape index (κ2) is 3.93. The highest BCUT2D eigenvalue weighted by Crippen LogP contribution is 2.10. The fourth-order valence-corrected chi connectivity index (χ4v) is 2.14. The molecule has 14 heavy (non-hydrogen) atoms. The monoisotopic (exact) mass is 215 g/mol. The molecule has 0 fully saturated rings. The van der Waals surface area contributed by atoms with Gasteiger partial charge in [0.25, 0.3) is 10.0 Å². The molecule has 1 N–H and O–H groups in total. The SMILES string of the molecule is C=C(C)CN(C)S(=O)(=O)c1cnc[nH]1. The smallest absolute Gasteiger partial charge is 0.260 e. The highest BCUT2D eigenvalue weighted by Gasteiger charge is 2.21. The van der Waals surface area contributed by atoms with E-state index in [0.29, 0.717) is 6.54 Å². The fraction of sp³-hybridized carbons (Fsp3) is 0.375. The molecule has 1 rings (SSSR count). The van der Waals surface area contributed by atoms with Gasteiger partial charge < -0.3 is 4.98 Å². The van der Waals surface area contributed by atoms with E-state index in [4.69, 9.17) is 0 Å². The maximum atomic E-state index is 11.7. The Morgan fingerprint density at radius 1 is 1.71 bits per heavy atom. The number of imidazole rings is 1. The largest absolute Gasteiger partial charge is 0.335 e. The van der Waals surface area contributed by atoms with Crippen molar-refractivity contribution in [3.63, 3.8) is 0 Å². The molecular formula is C8H13N3O2S. The van der Waals surface area contributed by atoms with Crippen molar-refractivity contribution in [2.24, 2.45) is 0 Å². The van der Waals surface area contributed by atoms with Crippen LogP contribution in [0.1, 0.15) is 6.92 Å². The molecule has 0 amide bonds. The first-order valence-electron chi connectivity index (χ1n) is 4.03. The van der Waals surface area contributed by atoms with Crippen LogP contribution in [0.5, 0.6) is 0 Å². The van der Waals surface area contributed by atoms with Crippen molar-refractivity contribution in [2.75, 3.05) is 13.6 Å². The highest BCUT2D eigenvalue weighted by molar-refractivity contribution is 7.89. The van der Waals surface area contributed by atoms with Gasteiger partial charge in [-0.25, -0.2) is 13.4 Å². The van der Waals surface area contributed by atoms with E-state index in [9.17, 15) is 8.42 Å². The normalized spacial score (nSPS) is 11.9. The number of nitrogens with zero attached hydrogens (tertiary/aromatic N) is 2. The van der Waals surface area contributed by atoms with Crippen LogP contribution >= 0.6 is 0 Å². The Bertz CT molecular complexity index is 408. The summed E-state index contributed by atoms with van der Waals surface area (Å²) in [5.41, 5.74) is 0.788. The summed E-state index contributed by atoms with van der Waals surface area (Å²) in [6.45, 7) is 5.74. The van der Waals surface area contributed by atoms with Crippen LogP contribution in [0.4, 0.5) is 0 Å². The van der Waals surface area contributed by atoms with E-state index in [1.165, 1.54) is 23.9 Å². The molecule has 0 saturated carbocycles. The second-order valence-corrected chi connectivity index (χ2v) is 5.15. The summed E-state index contributed by atoms with van der Waals surface area (Å²) >= 11 is 0. The first-order valence-corrected chi connectivity index (χ1v) is 5.47. The molecule has 0 aliphatic rings. The number of hydrogen-bond acceptors (Lipinski definition) is 3. The molecule has 0 bridgehead atoms. The molecule has 1 aromatic rings. The van der Waals surface area contributed by atoms with Crippen molar-refractivity contribution in [1.29, 1.82) is 0 Å². The standard InChI is InChI=1S/C8H13N3O2S/c1-7(2)5-11(3)14(12,13)8-4-9-6-10-8/h4,6H,1,5H2,2-3H3,(H,9,10). The molecule has 0 unspecified atom stereocenters. The van der Waals surface area contributed by atoms with Crippen LogP contribution in [0.2, 0.25) is 0 Å². The number of sulfonamides is 1. The van der Waals surface area contributed by atoms with Gasteiger partial charge in [0.05, 0.1) is 12.5 Å². The number of likely N-dealkylation sites (N-methyl/N-ethyl adjacent to an activating group) is 1. The maximum Gasteiger partial charge on any atom is 0.260 e. The zero-order valence-corrected chi connectivity index (χ0v) is 9.00. The summed E-state index contributed by atoms with van der Waals surface area (Å²) in [6, 6.07) is 0. The average molecular weight is 215 g/mol. The second-order valence-electron chi connectivity index (χ2n) is 3.13. The molecule has 0 saturated heterocycles. The lowest BCUT2D eigenvalue weighted by molar-refractivity contribution is 0.490. The molecule has 5 nitrogen and oxygen atoms in total. The Labute approximate surface area is 83.5 Å². The van der Waals surface area contributed by atoms with Gasteiger partial charge in [-0.05, 0) is 6.92 Å². The van der Waals surface area contributed by atoms with E-state index in [2.05, 4.69) is 16.5 Å². The average Bonchev–Trinajstić information content (AvgIpc) is 2.54. The number of aromatic amines is 1. The van der Waals surface area contributed by atoms with Crippen molar-refractivity contribution in [3.8, 4) is 0 Å². The molecule has 0 aliphatic heterocycles. The zero-order valence-electron chi connectivity index (χ0n) is 8.19. The van der Waals surface area contributed by atoms with E-state index in [1.54, 1.807) is 6.92 Å². The number of nitrogens with one attached hydrogen (secondary N) is 1. The van der Waals surface area contributed by atoms with Crippen molar-refractivity contribution in [1.82, 2.24) is 14.3 Å². The van der Waals surface area contributed by atoms with Gasteiger partial charge in [-0.1, -0.05) is 12.2 Å². The first-order chi connectivity index (χ1) is 6.44. The minimum atomic E-state index is -3.44. The molecule has 1 aromatic heterocycles. The lowest BCUT2D eigenvalue weighted by Crippen LogP contribution is -2.28. The van der Waals surface area contributed by atoms with Crippen molar-refractivity contribution in [2.45, 2.75) is 11.9 Å². The fourth-order valence-electron chi connectivity index (χ4n) is 1.02. The molecule has 0 aromatic carbocycles. The number of H-pyrrole nitrogens is 1. The number of rotatable bonds is 4. The van der Waals surface area contributed by atoms with Crippen LogP contribution in [0.25, 0.3) is 0 Å². The topological polar surface area (TPSA) is 66.1 Å². The van der Waals surface area contributed by atoms with E-state index in [1.807, 2.05) is 0 Å². The van der Waals surface area contributed by atoms with Gasteiger partial charge in [-0.15, -0.1) is 0 Å². The van der Waals surface area contributed by atoms with Gasteiger partial charge in [0.2, 0.25) is 0 Å². The third-order valence-electron chi connectivity index (χ3n) is 1.65. The maximum absolute atomic E-state index is 11.7. The van der Waals surface area contributed by atoms with Gasteiger partial charge in [-0.3, -0.25) is 0 Å². The van der Waals surface area contributed by atoms with E-state index < -0.39 is 10.0 Å². The van der Waals surface area contributed by atoms with E-state index in [0.717, 1.165) is 5.57 Å². The Morgan fingerprint density at radius 2 is 2.36 bits per heavy atom. The van der Waals surface area contributed by atoms with Crippen LogP contribution in [-0.2, 0) is 10.0 Å². The Hall–Kier alpha value is -1.14. The van der Waals surface area contributed by atoms with Crippen molar-refractivity contribution >= 4 is 10.0 Å². The first kappa shape index (κ1) is 10.9. The predicted octanol–water partition coefficient (Wildman–Crippen LogP) is 0.606. The van der Waals surface area contributed by atoms with Crippen LogP contribution in [0.3, 0.4) is 0 Å². The molecule has 78 valence electrons. The number of aromatic nitrogens is 2. The Balaban J connectivity index is 2.92. The molecule has 0 spiro atoms. The molecule has 0 radical (unpaired) electrons. The lowest BCUT2D eigenvalue weighted by Gasteiger charge is -2.15. The molecule has 1 heterocycles. The van der Waals surface area contributed by atoms with Gasteiger partial charge in [0.1, 0.15) is 0 Å². The zero-order chi connectivity index (χ0) is 10.8. The van der Waals surface area contributed by atoms with Crippen LogP contribution in [-0.4, -0.2) is 36.3 Å². The molecule has 6 heteroatoms. The summed E-state index contributed by atoms with van der Waals surface area (Å²) in [5, 5.41) is 0.0984. The van der Waals surface area contributed by atoms with Crippen LogP contribution in [0, 0.1) is 0 Å². The summed E-state index contributed by atoms with van der Waals surface area (Å²) in [5.74, 6) is 0. The summed E-state index contributed by atoms with van der Waals surface area (Å²) in [4.78, 5) is 6.23. The molecule has 0 atom stereocenters. The quantitative estimate of drug-likeness (QED) is 0.748. The van der Waals surface area contributed by atoms with Gasteiger partial charge in [0, 0.05) is 13.6 Å². The summed E-state index contributed by atoms with van der Waals surface area (Å²) < 4.78 is 24.7. The van der Waals surface area contributed by atoms with Crippen molar-refractivity contribution in [3.05, 3.63) is 24.7 Å². The van der Waals surface area contributed by atoms with E-state index in [-0.39, 0.29) is 5.03 Å². The number of hydrogen-bond donors (Lipinski definition) is 1.